The number of rotatable bonds is 4. The van der Waals surface area contributed by atoms with Crippen LogP contribution in [0.5, 0.6) is 0 Å². The van der Waals surface area contributed by atoms with Crippen molar-refractivity contribution in [3.05, 3.63) is 29.8 Å². The minimum Gasteiger partial charge on any atom is -0.393 e. The van der Waals surface area contributed by atoms with Crippen molar-refractivity contribution < 1.29 is 18.3 Å². The van der Waals surface area contributed by atoms with E-state index in [1.54, 1.807) is 13.0 Å². The molecule has 2 N–H and O–H groups in total. The fourth-order valence-electron chi connectivity index (χ4n) is 1.23. The standard InChI is InChI=1S/C11H14F3NO/c1-8(16)5-6-15-10-4-2-3-9(7-10)11(12,13)14/h2-4,7-8,15-16H,5-6H2,1H3. The van der Waals surface area contributed by atoms with Crippen LogP contribution in [0.3, 0.4) is 0 Å². The summed E-state index contributed by atoms with van der Waals surface area (Å²) in [6.07, 6.45) is -4.28. The lowest BCUT2D eigenvalue weighted by atomic mass is 10.2. The van der Waals surface area contributed by atoms with Crippen molar-refractivity contribution >= 4 is 5.69 Å². The maximum atomic E-state index is 12.4. The van der Waals surface area contributed by atoms with Crippen molar-refractivity contribution in [3.63, 3.8) is 0 Å². The first-order valence-corrected chi connectivity index (χ1v) is 4.99. The highest BCUT2D eigenvalue weighted by molar-refractivity contribution is 5.46. The van der Waals surface area contributed by atoms with Crippen molar-refractivity contribution in [1.29, 1.82) is 0 Å². The number of aliphatic hydroxyl groups excluding tert-OH is 1. The monoisotopic (exact) mass is 233 g/mol. The highest BCUT2D eigenvalue weighted by Crippen LogP contribution is 2.30. The second kappa shape index (κ2) is 5.21. The van der Waals surface area contributed by atoms with Crippen LogP contribution in [-0.2, 0) is 6.18 Å². The second-order valence-electron chi connectivity index (χ2n) is 3.64. The molecule has 1 atom stereocenters. The molecule has 0 aromatic heterocycles. The predicted molar refractivity (Wildman–Crippen MR) is 56.2 cm³/mol. The van der Waals surface area contributed by atoms with Gasteiger partial charge in [0.05, 0.1) is 11.7 Å². The number of nitrogens with one attached hydrogen (secondary N) is 1. The van der Waals surface area contributed by atoms with Crippen LogP contribution in [-0.4, -0.2) is 17.8 Å². The van der Waals surface area contributed by atoms with Gasteiger partial charge in [0.1, 0.15) is 0 Å². The molecule has 0 aliphatic carbocycles. The van der Waals surface area contributed by atoms with Gasteiger partial charge < -0.3 is 10.4 Å². The molecule has 0 spiro atoms. The molecule has 2 nitrogen and oxygen atoms in total. The van der Waals surface area contributed by atoms with E-state index in [1.165, 1.54) is 6.07 Å². The van der Waals surface area contributed by atoms with E-state index in [4.69, 9.17) is 5.11 Å². The third-order valence-electron chi connectivity index (χ3n) is 2.08. The highest BCUT2D eigenvalue weighted by atomic mass is 19.4. The molecule has 0 aliphatic heterocycles. The van der Waals surface area contributed by atoms with E-state index in [9.17, 15) is 13.2 Å². The van der Waals surface area contributed by atoms with E-state index in [1.807, 2.05) is 0 Å². The Labute approximate surface area is 92.1 Å². The third-order valence-corrected chi connectivity index (χ3v) is 2.08. The highest BCUT2D eigenvalue weighted by Gasteiger charge is 2.30. The molecular weight excluding hydrogens is 219 g/mol. The van der Waals surface area contributed by atoms with Gasteiger partial charge in [-0.3, -0.25) is 0 Å². The topological polar surface area (TPSA) is 32.3 Å². The van der Waals surface area contributed by atoms with E-state index >= 15 is 0 Å². The zero-order chi connectivity index (χ0) is 12.2. The Balaban J connectivity index is 2.61. The van der Waals surface area contributed by atoms with Gasteiger partial charge in [-0.05, 0) is 31.5 Å². The number of alkyl halides is 3. The molecule has 0 aliphatic rings. The quantitative estimate of drug-likeness (QED) is 0.838. The molecule has 16 heavy (non-hydrogen) atoms. The van der Waals surface area contributed by atoms with Gasteiger partial charge in [-0.15, -0.1) is 0 Å². The summed E-state index contributed by atoms with van der Waals surface area (Å²) in [6.45, 7) is 2.08. The molecule has 1 aromatic carbocycles. The lowest BCUT2D eigenvalue weighted by Crippen LogP contribution is -2.11. The van der Waals surface area contributed by atoms with Crippen molar-refractivity contribution in [2.45, 2.75) is 25.6 Å². The molecule has 0 saturated heterocycles. The second-order valence-corrected chi connectivity index (χ2v) is 3.64. The average molecular weight is 233 g/mol. The van der Waals surface area contributed by atoms with Crippen LogP contribution in [0.25, 0.3) is 0 Å². The lowest BCUT2D eigenvalue weighted by molar-refractivity contribution is -0.137. The SMILES string of the molecule is CC(O)CCNc1cccc(C(F)(F)F)c1. The summed E-state index contributed by atoms with van der Waals surface area (Å²) in [6, 6.07) is 5.01. The largest absolute Gasteiger partial charge is 0.416 e. The van der Waals surface area contributed by atoms with Crippen LogP contribution in [0.2, 0.25) is 0 Å². The van der Waals surface area contributed by atoms with E-state index in [2.05, 4.69) is 5.32 Å². The summed E-state index contributed by atoms with van der Waals surface area (Å²) in [5.74, 6) is 0. The first-order chi connectivity index (χ1) is 7.39. The van der Waals surface area contributed by atoms with Gasteiger partial charge in [-0.25, -0.2) is 0 Å². The maximum absolute atomic E-state index is 12.4. The molecule has 0 saturated carbocycles. The molecule has 5 heteroatoms. The van der Waals surface area contributed by atoms with Crippen LogP contribution in [0.15, 0.2) is 24.3 Å². The Bertz CT molecular complexity index is 336. The summed E-state index contributed by atoms with van der Waals surface area (Å²) >= 11 is 0. The Morgan fingerprint density at radius 3 is 2.62 bits per heavy atom. The van der Waals surface area contributed by atoms with Crippen molar-refractivity contribution in [3.8, 4) is 0 Å². The summed E-state index contributed by atoms with van der Waals surface area (Å²) in [4.78, 5) is 0. The van der Waals surface area contributed by atoms with Crippen LogP contribution in [0.1, 0.15) is 18.9 Å². The first-order valence-electron chi connectivity index (χ1n) is 4.99. The predicted octanol–water partition coefficient (Wildman–Crippen LogP) is 2.89. The Morgan fingerprint density at radius 2 is 2.06 bits per heavy atom. The number of anilines is 1. The Hall–Kier alpha value is -1.23. The lowest BCUT2D eigenvalue weighted by Gasteiger charge is -2.11. The number of benzene rings is 1. The molecule has 1 rings (SSSR count). The summed E-state index contributed by atoms with van der Waals surface area (Å²) in [5, 5.41) is 11.8. The molecule has 0 bridgehead atoms. The molecule has 0 amide bonds. The maximum Gasteiger partial charge on any atom is 0.416 e. The van der Waals surface area contributed by atoms with E-state index in [-0.39, 0.29) is 0 Å². The number of aliphatic hydroxyl groups is 1. The van der Waals surface area contributed by atoms with Crippen LogP contribution in [0, 0.1) is 0 Å². The fraction of sp³-hybridized carbons (Fsp3) is 0.455. The minimum atomic E-state index is -4.32. The molecule has 90 valence electrons. The number of halogens is 3. The molecule has 1 unspecified atom stereocenters. The third kappa shape index (κ3) is 4.10. The number of hydrogen-bond acceptors (Lipinski definition) is 2. The zero-order valence-electron chi connectivity index (χ0n) is 8.88. The van der Waals surface area contributed by atoms with Gasteiger partial charge in [0, 0.05) is 12.2 Å². The summed E-state index contributed by atoms with van der Waals surface area (Å²) in [5.41, 5.74) is -0.259. The number of hydrogen-bond donors (Lipinski definition) is 2. The van der Waals surface area contributed by atoms with Gasteiger partial charge in [-0.1, -0.05) is 6.07 Å². The van der Waals surface area contributed by atoms with Gasteiger partial charge in [0.15, 0.2) is 0 Å². The average Bonchev–Trinajstić information content (AvgIpc) is 2.16. The van der Waals surface area contributed by atoms with E-state index in [0.29, 0.717) is 18.7 Å². The molecular formula is C11H14F3NO. The molecule has 0 fully saturated rings. The van der Waals surface area contributed by atoms with Gasteiger partial charge in [0.25, 0.3) is 0 Å². The minimum absolute atomic E-state index is 0.412. The Morgan fingerprint density at radius 1 is 1.38 bits per heavy atom. The van der Waals surface area contributed by atoms with Crippen molar-refractivity contribution in [1.82, 2.24) is 0 Å². The molecule has 1 aromatic rings. The summed E-state index contributed by atoms with van der Waals surface area (Å²) in [7, 11) is 0. The molecule has 0 radical (unpaired) electrons. The summed E-state index contributed by atoms with van der Waals surface area (Å²) < 4.78 is 37.1. The fourth-order valence-corrected chi connectivity index (χ4v) is 1.23. The van der Waals surface area contributed by atoms with Gasteiger partial charge in [-0.2, -0.15) is 13.2 Å². The van der Waals surface area contributed by atoms with E-state index < -0.39 is 17.8 Å². The Kier molecular flexibility index (Phi) is 4.18. The van der Waals surface area contributed by atoms with Crippen LogP contribution in [0.4, 0.5) is 18.9 Å². The molecule has 0 heterocycles. The smallest absolute Gasteiger partial charge is 0.393 e. The van der Waals surface area contributed by atoms with Gasteiger partial charge in [0.2, 0.25) is 0 Å². The van der Waals surface area contributed by atoms with Crippen LogP contribution >= 0.6 is 0 Å². The van der Waals surface area contributed by atoms with Crippen molar-refractivity contribution in [2.75, 3.05) is 11.9 Å². The first kappa shape index (κ1) is 12.8. The van der Waals surface area contributed by atoms with Crippen molar-refractivity contribution in [2.24, 2.45) is 0 Å². The normalized spacial score (nSPS) is 13.6. The van der Waals surface area contributed by atoms with E-state index in [0.717, 1.165) is 12.1 Å². The zero-order valence-corrected chi connectivity index (χ0v) is 8.88. The van der Waals surface area contributed by atoms with Crippen LogP contribution < -0.4 is 5.32 Å². The van der Waals surface area contributed by atoms with Gasteiger partial charge >= 0.3 is 6.18 Å².